The second-order valence-electron chi connectivity index (χ2n) is 3.89. The molecule has 16 heavy (non-hydrogen) atoms. The van der Waals surface area contributed by atoms with E-state index in [1.165, 1.54) is 17.7 Å². The minimum Gasteiger partial charge on any atom is -0.340 e. The summed E-state index contributed by atoms with van der Waals surface area (Å²) in [5, 5.41) is 5.33. The Kier molecular flexibility index (Phi) is 3.00. The maximum atomic E-state index is 4.52. The van der Waals surface area contributed by atoms with Crippen molar-refractivity contribution in [2.45, 2.75) is 25.4 Å². The molecule has 0 radical (unpaired) electrons. The zero-order valence-corrected chi connectivity index (χ0v) is 11.8. The number of nitrogens with zero attached hydrogens (tertiary/aromatic N) is 2. The van der Waals surface area contributed by atoms with Crippen LogP contribution in [-0.4, -0.2) is 11.0 Å². The van der Waals surface area contributed by atoms with Gasteiger partial charge in [-0.05, 0) is 40.2 Å². The highest BCUT2D eigenvalue weighted by Gasteiger charge is 2.31. The fraction of sp³-hybridized carbons (Fsp3) is 0.364. The lowest BCUT2D eigenvalue weighted by Gasteiger charge is -2.20. The van der Waals surface area contributed by atoms with E-state index in [1.54, 1.807) is 11.3 Å². The standard InChI is InChI=1S/C11H11BrN2S2/c12-10-7-16-11(13-10)14(8-3-4-8)6-9-2-1-5-15-9/h1-2,5,7-8H,3-4,6H2. The van der Waals surface area contributed by atoms with Crippen LogP contribution in [0.5, 0.6) is 0 Å². The molecule has 0 N–H and O–H groups in total. The normalized spacial score (nSPS) is 15.3. The Morgan fingerprint density at radius 3 is 2.88 bits per heavy atom. The van der Waals surface area contributed by atoms with Crippen LogP contribution >= 0.6 is 38.6 Å². The predicted molar refractivity (Wildman–Crippen MR) is 73.3 cm³/mol. The van der Waals surface area contributed by atoms with E-state index in [4.69, 9.17) is 0 Å². The van der Waals surface area contributed by atoms with Crippen molar-refractivity contribution in [3.8, 4) is 0 Å². The largest absolute Gasteiger partial charge is 0.340 e. The maximum Gasteiger partial charge on any atom is 0.186 e. The van der Waals surface area contributed by atoms with Crippen LogP contribution in [0.25, 0.3) is 0 Å². The third kappa shape index (κ3) is 2.31. The van der Waals surface area contributed by atoms with Crippen LogP contribution in [0, 0.1) is 0 Å². The number of hydrogen-bond acceptors (Lipinski definition) is 4. The van der Waals surface area contributed by atoms with Crippen molar-refractivity contribution >= 4 is 43.7 Å². The molecule has 0 unspecified atom stereocenters. The molecule has 2 heterocycles. The molecule has 2 aromatic rings. The first-order valence-corrected chi connectivity index (χ1v) is 7.78. The molecular weight excluding hydrogens is 304 g/mol. The molecule has 1 aliphatic carbocycles. The topological polar surface area (TPSA) is 16.1 Å². The molecule has 3 rings (SSSR count). The number of halogens is 1. The Hall–Kier alpha value is -0.390. The van der Waals surface area contributed by atoms with Crippen molar-refractivity contribution < 1.29 is 0 Å². The summed E-state index contributed by atoms with van der Waals surface area (Å²) in [7, 11) is 0. The van der Waals surface area contributed by atoms with E-state index < -0.39 is 0 Å². The first kappa shape index (κ1) is 10.7. The Morgan fingerprint density at radius 2 is 2.31 bits per heavy atom. The van der Waals surface area contributed by atoms with Gasteiger partial charge in [-0.1, -0.05) is 6.07 Å². The van der Waals surface area contributed by atoms with Crippen molar-refractivity contribution in [2.24, 2.45) is 0 Å². The summed E-state index contributed by atoms with van der Waals surface area (Å²) in [6.07, 6.45) is 2.62. The first-order chi connectivity index (χ1) is 7.83. The van der Waals surface area contributed by atoms with E-state index in [0.717, 1.165) is 16.3 Å². The van der Waals surface area contributed by atoms with Crippen LogP contribution in [0.4, 0.5) is 5.13 Å². The van der Waals surface area contributed by atoms with Crippen LogP contribution in [-0.2, 0) is 6.54 Å². The van der Waals surface area contributed by atoms with Gasteiger partial charge in [-0.3, -0.25) is 0 Å². The fourth-order valence-corrected chi connectivity index (χ4v) is 3.71. The van der Waals surface area contributed by atoms with E-state index >= 15 is 0 Å². The van der Waals surface area contributed by atoms with Gasteiger partial charge >= 0.3 is 0 Å². The van der Waals surface area contributed by atoms with E-state index in [9.17, 15) is 0 Å². The molecule has 5 heteroatoms. The summed E-state index contributed by atoms with van der Waals surface area (Å²) in [4.78, 5) is 8.37. The third-order valence-electron chi connectivity index (χ3n) is 2.60. The minimum atomic E-state index is 0.708. The zero-order valence-electron chi connectivity index (χ0n) is 8.60. The molecule has 0 amide bonds. The molecule has 0 aliphatic heterocycles. The molecule has 0 aromatic carbocycles. The molecule has 84 valence electrons. The number of hydrogen-bond donors (Lipinski definition) is 0. The average molecular weight is 315 g/mol. The minimum absolute atomic E-state index is 0.708. The summed E-state index contributed by atoms with van der Waals surface area (Å²) >= 11 is 6.96. The lowest BCUT2D eigenvalue weighted by atomic mass is 10.4. The Balaban J connectivity index is 1.81. The van der Waals surface area contributed by atoms with Crippen molar-refractivity contribution in [2.75, 3.05) is 4.90 Å². The van der Waals surface area contributed by atoms with Crippen molar-refractivity contribution in [3.05, 3.63) is 32.4 Å². The summed E-state index contributed by atoms with van der Waals surface area (Å²) in [6, 6.07) is 5.02. The van der Waals surface area contributed by atoms with Crippen molar-refractivity contribution in [3.63, 3.8) is 0 Å². The molecule has 1 fully saturated rings. The molecule has 0 saturated heterocycles. The SMILES string of the molecule is Brc1csc(N(Cc2cccs2)C2CC2)n1. The van der Waals surface area contributed by atoms with Crippen LogP contribution < -0.4 is 4.90 Å². The molecule has 1 aliphatic rings. The average Bonchev–Trinajstić information content (AvgIpc) is 2.81. The summed E-state index contributed by atoms with van der Waals surface area (Å²) in [5.74, 6) is 0. The third-order valence-corrected chi connectivity index (χ3v) is 5.05. The van der Waals surface area contributed by atoms with Crippen molar-refractivity contribution in [1.29, 1.82) is 0 Å². The molecule has 2 nitrogen and oxygen atoms in total. The van der Waals surface area contributed by atoms with Gasteiger partial charge in [0, 0.05) is 16.3 Å². The molecular formula is C11H11BrN2S2. The van der Waals surface area contributed by atoms with Gasteiger partial charge in [0.05, 0.1) is 6.54 Å². The van der Waals surface area contributed by atoms with E-state index in [2.05, 4.69) is 48.7 Å². The fourth-order valence-electron chi connectivity index (χ4n) is 1.69. The second kappa shape index (κ2) is 4.47. The van der Waals surface area contributed by atoms with Crippen LogP contribution in [0.1, 0.15) is 17.7 Å². The summed E-state index contributed by atoms with van der Waals surface area (Å²) in [5.41, 5.74) is 0. The number of aromatic nitrogens is 1. The number of thiophene rings is 1. The highest BCUT2D eigenvalue weighted by molar-refractivity contribution is 9.10. The molecule has 0 atom stereocenters. The number of anilines is 1. The van der Waals surface area contributed by atoms with Crippen LogP contribution in [0.3, 0.4) is 0 Å². The maximum absolute atomic E-state index is 4.52. The van der Waals surface area contributed by atoms with E-state index in [-0.39, 0.29) is 0 Å². The lowest BCUT2D eigenvalue weighted by Crippen LogP contribution is -2.24. The van der Waals surface area contributed by atoms with Crippen LogP contribution in [0.2, 0.25) is 0 Å². The van der Waals surface area contributed by atoms with Gasteiger partial charge in [0.1, 0.15) is 4.60 Å². The highest BCUT2D eigenvalue weighted by atomic mass is 79.9. The first-order valence-electron chi connectivity index (χ1n) is 5.23. The summed E-state index contributed by atoms with van der Waals surface area (Å²) < 4.78 is 0.948. The van der Waals surface area contributed by atoms with Crippen LogP contribution in [0.15, 0.2) is 27.5 Å². The van der Waals surface area contributed by atoms with Gasteiger partial charge in [0.25, 0.3) is 0 Å². The number of thiazole rings is 1. The van der Waals surface area contributed by atoms with E-state index in [1.807, 2.05) is 11.3 Å². The Bertz CT molecular complexity index is 462. The lowest BCUT2D eigenvalue weighted by molar-refractivity contribution is 0.797. The van der Waals surface area contributed by atoms with Gasteiger partial charge in [-0.15, -0.1) is 22.7 Å². The highest BCUT2D eigenvalue weighted by Crippen LogP contribution is 2.36. The monoisotopic (exact) mass is 314 g/mol. The van der Waals surface area contributed by atoms with Gasteiger partial charge in [-0.25, -0.2) is 4.98 Å². The smallest absolute Gasteiger partial charge is 0.186 e. The van der Waals surface area contributed by atoms with Gasteiger partial charge < -0.3 is 4.90 Å². The predicted octanol–water partition coefficient (Wildman–Crippen LogP) is 4.14. The molecule has 0 bridgehead atoms. The summed E-state index contributed by atoms with van der Waals surface area (Å²) in [6.45, 7) is 1.00. The van der Waals surface area contributed by atoms with E-state index in [0.29, 0.717) is 6.04 Å². The van der Waals surface area contributed by atoms with Gasteiger partial charge in [0.15, 0.2) is 5.13 Å². The molecule has 2 aromatic heterocycles. The second-order valence-corrected chi connectivity index (χ2v) is 6.57. The van der Waals surface area contributed by atoms with Gasteiger partial charge in [0.2, 0.25) is 0 Å². The molecule has 0 spiro atoms. The van der Waals surface area contributed by atoms with Crippen molar-refractivity contribution in [1.82, 2.24) is 4.98 Å². The zero-order chi connectivity index (χ0) is 11.0. The number of rotatable bonds is 4. The Morgan fingerprint density at radius 1 is 1.44 bits per heavy atom. The Labute approximate surface area is 111 Å². The quantitative estimate of drug-likeness (QED) is 0.843. The van der Waals surface area contributed by atoms with Gasteiger partial charge in [-0.2, -0.15) is 0 Å². The molecule has 1 saturated carbocycles.